The summed E-state index contributed by atoms with van der Waals surface area (Å²) in [4.78, 5) is 18.1. The lowest BCUT2D eigenvalue weighted by atomic mass is 9.97. The zero-order valence-corrected chi connectivity index (χ0v) is 18.2. The van der Waals surface area contributed by atoms with Crippen LogP contribution < -0.4 is 5.32 Å². The second kappa shape index (κ2) is 7.57. The molecule has 30 heavy (non-hydrogen) atoms. The van der Waals surface area contributed by atoms with E-state index < -0.39 is 5.97 Å². The molecule has 1 aliphatic rings. The summed E-state index contributed by atoms with van der Waals surface area (Å²) in [5.74, 6) is -0.931. The Morgan fingerprint density at radius 1 is 1.17 bits per heavy atom. The van der Waals surface area contributed by atoms with Crippen molar-refractivity contribution in [1.82, 2.24) is 19.8 Å². The van der Waals surface area contributed by atoms with E-state index in [1.165, 1.54) is 0 Å². The van der Waals surface area contributed by atoms with Crippen LogP contribution in [-0.2, 0) is 0 Å². The Hall–Kier alpha value is -3.19. The standard InChI is InChI=1S/C23H24N4O2S/c1-13-8-9-16(22(28)29)12-19(13)27-14(2)11-17(15(27)3)21-20(25-23(30)26(21)4)18-7-5-6-10-24-18/h5-12,20-21H,1-4H3,(H,25,30)(H,28,29)/t20-,21-/m0/s1. The van der Waals surface area contributed by atoms with E-state index in [0.29, 0.717) is 5.11 Å². The summed E-state index contributed by atoms with van der Waals surface area (Å²) in [6.45, 7) is 6.11. The van der Waals surface area contributed by atoms with Gasteiger partial charge in [0.2, 0.25) is 0 Å². The molecule has 1 aliphatic heterocycles. The number of aromatic carboxylic acids is 1. The number of nitrogens with zero attached hydrogens (tertiary/aromatic N) is 3. The molecule has 0 bridgehead atoms. The lowest BCUT2D eigenvalue weighted by Crippen LogP contribution is -2.25. The topological polar surface area (TPSA) is 70.4 Å². The monoisotopic (exact) mass is 420 g/mol. The SMILES string of the molecule is Cc1ccc(C(=O)O)cc1-n1c(C)cc([C@H]2[C@H](c3ccccn3)NC(=S)N2C)c1C. The number of thiocarbonyl (C=S) groups is 1. The average molecular weight is 421 g/mol. The minimum atomic E-state index is -0.931. The minimum absolute atomic E-state index is 0.0182. The Morgan fingerprint density at radius 2 is 1.93 bits per heavy atom. The van der Waals surface area contributed by atoms with Crippen molar-refractivity contribution in [3.8, 4) is 5.69 Å². The number of carboxylic acid groups (broad SMARTS) is 1. The Balaban J connectivity index is 1.85. The molecule has 154 valence electrons. The molecule has 1 fully saturated rings. The maximum atomic E-state index is 11.5. The molecular weight excluding hydrogens is 396 g/mol. The van der Waals surface area contributed by atoms with E-state index in [1.54, 1.807) is 18.3 Å². The molecule has 0 unspecified atom stereocenters. The highest BCUT2D eigenvalue weighted by Gasteiger charge is 2.39. The molecule has 1 saturated heterocycles. The van der Waals surface area contributed by atoms with Gasteiger partial charge in [0.05, 0.1) is 23.3 Å². The first-order valence-electron chi connectivity index (χ1n) is 9.77. The fourth-order valence-corrected chi connectivity index (χ4v) is 4.53. The summed E-state index contributed by atoms with van der Waals surface area (Å²) in [6, 6.07) is 13.2. The van der Waals surface area contributed by atoms with Crippen LogP contribution in [0.1, 0.15) is 50.7 Å². The summed E-state index contributed by atoms with van der Waals surface area (Å²) in [6.07, 6.45) is 1.79. The van der Waals surface area contributed by atoms with Gasteiger partial charge in [-0.15, -0.1) is 0 Å². The molecule has 0 aliphatic carbocycles. The lowest BCUT2D eigenvalue weighted by molar-refractivity contribution is 0.0697. The Labute approximate surface area is 181 Å². The highest BCUT2D eigenvalue weighted by molar-refractivity contribution is 7.80. The minimum Gasteiger partial charge on any atom is -0.478 e. The fourth-order valence-electron chi connectivity index (χ4n) is 4.29. The van der Waals surface area contributed by atoms with Crippen LogP contribution >= 0.6 is 12.2 Å². The molecule has 0 amide bonds. The molecule has 6 nitrogen and oxygen atoms in total. The highest BCUT2D eigenvalue weighted by Crippen LogP contribution is 2.40. The molecule has 2 aromatic heterocycles. The molecule has 0 radical (unpaired) electrons. The number of aromatic nitrogens is 2. The molecule has 0 saturated carbocycles. The normalized spacial score (nSPS) is 18.5. The van der Waals surface area contributed by atoms with Crippen molar-refractivity contribution in [1.29, 1.82) is 0 Å². The molecule has 2 N–H and O–H groups in total. The lowest BCUT2D eigenvalue weighted by Gasteiger charge is -2.24. The maximum absolute atomic E-state index is 11.5. The predicted octanol–water partition coefficient (Wildman–Crippen LogP) is 4.10. The molecule has 3 aromatic rings. The average Bonchev–Trinajstić information content (AvgIpc) is 3.18. The van der Waals surface area contributed by atoms with Gasteiger partial charge in [0.15, 0.2) is 5.11 Å². The van der Waals surface area contributed by atoms with Crippen molar-refractivity contribution in [2.75, 3.05) is 7.05 Å². The summed E-state index contributed by atoms with van der Waals surface area (Å²) < 4.78 is 2.13. The quantitative estimate of drug-likeness (QED) is 0.620. The van der Waals surface area contributed by atoms with Gasteiger partial charge in [-0.05, 0) is 74.4 Å². The Morgan fingerprint density at radius 3 is 2.60 bits per heavy atom. The van der Waals surface area contributed by atoms with Gasteiger partial charge < -0.3 is 19.9 Å². The summed E-state index contributed by atoms with van der Waals surface area (Å²) >= 11 is 5.55. The van der Waals surface area contributed by atoms with Crippen LogP contribution in [-0.4, -0.2) is 37.7 Å². The maximum Gasteiger partial charge on any atom is 0.335 e. The third-order valence-electron chi connectivity index (χ3n) is 5.82. The van der Waals surface area contributed by atoms with Crippen molar-refractivity contribution in [2.45, 2.75) is 32.9 Å². The fraction of sp³-hybridized carbons (Fsp3) is 0.261. The van der Waals surface area contributed by atoms with Gasteiger partial charge in [-0.3, -0.25) is 4.98 Å². The summed E-state index contributed by atoms with van der Waals surface area (Å²) in [5, 5.41) is 13.5. The molecule has 2 atom stereocenters. The van der Waals surface area contributed by atoms with Gasteiger partial charge in [-0.1, -0.05) is 12.1 Å². The van der Waals surface area contributed by atoms with Crippen LogP contribution in [0.25, 0.3) is 5.69 Å². The van der Waals surface area contributed by atoms with E-state index in [9.17, 15) is 9.90 Å². The van der Waals surface area contributed by atoms with Gasteiger partial charge in [-0.25, -0.2) is 4.79 Å². The number of hydrogen-bond acceptors (Lipinski definition) is 3. The predicted molar refractivity (Wildman–Crippen MR) is 120 cm³/mol. The first-order chi connectivity index (χ1) is 14.3. The van der Waals surface area contributed by atoms with Crippen LogP contribution in [0.5, 0.6) is 0 Å². The number of pyridine rings is 1. The van der Waals surface area contributed by atoms with E-state index in [-0.39, 0.29) is 17.6 Å². The third-order valence-corrected chi connectivity index (χ3v) is 6.23. The molecule has 1 aromatic carbocycles. The van der Waals surface area contributed by atoms with E-state index in [1.807, 2.05) is 45.2 Å². The molecule has 7 heteroatoms. The summed E-state index contributed by atoms with van der Waals surface area (Å²) in [7, 11) is 1.99. The zero-order valence-electron chi connectivity index (χ0n) is 17.4. The number of hydrogen-bond donors (Lipinski definition) is 2. The number of likely N-dealkylation sites (N-methyl/N-ethyl adjacent to an activating group) is 1. The number of carboxylic acids is 1. The molecule has 3 heterocycles. The van der Waals surface area contributed by atoms with Crippen molar-refractivity contribution < 1.29 is 9.90 Å². The second-order valence-electron chi connectivity index (χ2n) is 7.71. The largest absolute Gasteiger partial charge is 0.478 e. The van der Waals surface area contributed by atoms with Crippen molar-refractivity contribution in [3.05, 3.63) is 82.4 Å². The summed E-state index contributed by atoms with van der Waals surface area (Å²) in [5.41, 5.74) is 6.34. The highest BCUT2D eigenvalue weighted by atomic mass is 32.1. The Bertz CT molecular complexity index is 1140. The first-order valence-corrected chi connectivity index (χ1v) is 10.2. The smallest absolute Gasteiger partial charge is 0.335 e. The van der Waals surface area contributed by atoms with Crippen LogP contribution in [0.15, 0.2) is 48.7 Å². The van der Waals surface area contributed by atoms with Crippen molar-refractivity contribution in [2.24, 2.45) is 0 Å². The van der Waals surface area contributed by atoms with Crippen molar-refractivity contribution >= 4 is 23.3 Å². The van der Waals surface area contributed by atoms with Gasteiger partial charge >= 0.3 is 5.97 Å². The second-order valence-corrected chi connectivity index (χ2v) is 8.09. The van der Waals surface area contributed by atoms with Gasteiger partial charge in [-0.2, -0.15) is 0 Å². The van der Waals surface area contributed by atoms with Crippen LogP contribution in [0.3, 0.4) is 0 Å². The molecular formula is C23H24N4O2S. The van der Waals surface area contributed by atoms with E-state index in [0.717, 1.165) is 33.9 Å². The number of benzene rings is 1. The van der Waals surface area contributed by atoms with Crippen LogP contribution in [0.2, 0.25) is 0 Å². The zero-order chi connectivity index (χ0) is 21.6. The number of carbonyl (C=O) groups is 1. The van der Waals surface area contributed by atoms with Gasteiger partial charge in [0, 0.05) is 30.3 Å². The third kappa shape index (κ3) is 3.25. The van der Waals surface area contributed by atoms with E-state index in [2.05, 4.69) is 32.8 Å². The number of aryl methyl sites for hydroxylation is 2. The number of nitrogens with one attached hydrogen (secondary N) is 1. The van der Waals surface area contributed by atoms with Crippen molar-refractivity contribution in [3.63, 3.8) is 0 Å². The van der Waals surface area contributed by atoms with Gasteiger partial charge in [0.1, 0.15) is 0 Å². The van der Waals surface area contributed by atoms with E-state index in [4.69, 9.17) is 12.2 Å². The Kier molecular flexibility index (Phi) is 5.07. The molecule has 0 spiro atoms. The van der Waals surface area contributed by atoms with Gasteiger partial charge in [0.25, 0.3) is 0 Å². The van der Waals surface area contributed by atoms with Crippen LogP contribution in [0.4, 0.5) is 0 Å². The first kappa shape index (κ1) is 20.1. The van der Waals surface area contributed by atoms with E-state index >= 15 is 0 Å². The molecule has 4 rings (SSSR count). The number of rotatable bonds is 4. The van der Waals surface area contributed by atoms with Crippen LogP contribution in [0, 0.1) is 20.8 Å².